The first kappa shape index (κ1) is 17.2. The van der Waals surface area contributed by atoms with Crippen LogP contribution in [-0.4, -0.2) is 23.2 Å². The van der Waals surface area contributed by atoms with Crippen LogP contribution >= 0.6 is 22.6 Å². The summed E-state index contributed by atoms with van der Waals surface area (Å²) < 4.78 is 11.9. The molecule has 25 heavy (non-hydrogen) atoms. The molecule has 0 unspecified atom stereocenters. The number of para-hydroxylation sites is 1. The van der Waals surface area contributed by atoms with Crippen LogP contribution < -0.4 is 15.0 Å². The largest absolute Gasteiger partial charge is 0.490 e. The number of ether oxygens (including phenoxy) is 2. The molecule has 7 heteroatoms. The van der Waals surface area contributed by atoms with Crippen molar-refractivity contribution in [2.24, 2.45) is 0 Å². The number of aromatic amines is 1. The Morgan fingerprint density at radius 1 is 1.28 bits per heavy atom. The summed E-state index contributed by atoms with van der Waals surface area (Å²) in [5.74, 6) is 1.47. The number of fused-ring (bicyclic) bond motifs is 1. The molecule has 1 heterocycles. The van der Waals surface area contributed by atoms with Gasteiger partial charge in [0.2, 0.25) is 0 Å². The number of hydrogen-bond acceptors (Lipinski definition) is 5. The summed E-state index contributed by atoms with van der Waals surface area (Å²) in [6, 6.07) is 12.7. The zero-order valence-electron chi connectivity index (χ0n) is 13.4. The van der Waals surface area contributed by atoms with E-state index in [1.54, 1.807) is 24.3 Å². The minimum absolute atomic E-state index is 0.0690. The Balaban J connectivity index is 2.14. The molecular formula is C18H14IN3O3. The molecule has 2 aromatic carbocycles. The van der Waals surface area contributed by atoms with Gasteiger partial charge in [0.15, 0.2) is 18.1 Å². The van der Waals surface area contributed by atoms with Gasteiger partial charge in [-0.25, -0.2) is 4.98 Å². The molecule has 0 fully saturated rings. The molecule has 3 aromatic rings. The third-order valence-corrected chi connectivity index (χ3v) is 4.28. The van der Waals surface area contributed by atoms with Crippen molar-refractivity contribution in [3.05, 3.63) is 50.3 Å². The first-order chi connectivity index (χ1) is 12.1. The number of benzene rings is 2. The fraction of sp³-hybridized carbons (Fsp3) is 0.167. The molecule has 3 rings (SSSR count). The molecular weight excluding hydrogens is 433 g/mol. The number of H-pyrrole nitrogens is 1. The second-order valence-corrected chi connectivity index (χ2v) is 6.26. The van der Waals surface area contributed by atoms with Crippen LogP contribution in [0.2, 0.25) is 0 Å². The molecule has 126 valence electrons. The third-order valence-electron chi connectivity index (χ3n) is 3.48. The van der Waals surface area contributed by atoms with Crippen molar-refractivity contribution in [2.75, 3.05) is 13.2 Å². The van der Waals surface area contributed by atoms with Crippen molar-refractivity contribution in [3.63, 3.8) is 0 Å². The average molecular weight is 447 g/mol. The van der Waals surface area contributed by atoms with Gasteiger partial charge in [-0.2, -0.15) is 5.26 Å². The number of hydrogen-bond donors (Lipinski definition) is 1. The lowest BCUT2D eigenvalue weighted by molar-refractivity contribution is 0.297. The van der Waals surface area contributed by atoms with Crippen molar-refractivity contribution >= 4 is 33.5 Å². The Labute approximate surface area is 157 Å². The molecule has 1 aromatic heterocycles. The number of rotatable bonds is 5. The molecule has 0 bridgehead atoms. The molecule has 0 aliphatic heterocycles. The molecule has 0 saturated carbocycles. The molecule has 1 N–H and O–H groups in total. The topological polar surface area (TPSA) is 88.0 Å². The SMILES string of the molecule is CCOc1cc(-c2nc3ccccc3c(=O)[nH]2)cc(I)c1OCC#N. The summed E-state index contributed by atoms with van der Waals surface area (Å²) in [5.41, 5.74) is 1.14. The van der Waals surface area contributed by atoms with Gasteiger partial charge in [-0.3, -0.25) is 4.79 Å². The van der Waals surface area contributed by atoms with Gasteiger partial charge in [0, 0.05) is 5.56 Å². The van der Waals surface area contributed by atoms with E-state index in [9.17, 15) is 4.79 Å². The van der Waals surface area contributed by atoms with Crippen molar-refractivity contribution in [2.45, 2.75) is 6.92 Å². The van der Waals surface area contributed by atoms with Gasteiger partial charge >= 0.3 is 0 Å². The van der Waals surface area contributed by atoms with E-state index in [2.05, 4.69) is 32.6 Å². The van der Waals surface area contributed by atoms with E-state index in [0.29, 0.717) is 40.4 Å². The third kappa shape index (κ3) is 3.58. The van der Waals surface area contributed by atoms with E-state index in [1.807, 2.05) is 25.1 Å². The summed E-state index contributed by atoms with van der Waals surface area (Å²) in [6.45, 7) is 2.24. The molecule has 0 spiro atoms. The first-order valence-corrected chi connectivity index (χ1v) is 8.67. The van der Waals surface area contributed by atoms with Crippen LogP contribution in [0, 0.1) is 14.9 Å². The minimum atomic E-state index is -0.196. The van der Waals surface area contributed by atoms with Gasteiger partial charge < -0.3 is 14.5 Å². The van der Waals surface area contributed by atoms with Crippen molar-refractivity contribution < 1.29 is 9.47 Å². The van der Waals surface area contributed by atoms with Gasteiger partial charge in [-0.05, 0) is 53.8 Å². The zero-order valence-corrected chi connectivity index (χ0v) is 15.5. The quantitative estimate of drug-likeness (QED) is 0.605. The Morgan fingerprint density at radius 3 is 2.84 bits per heavy atom. The van der Waals surface area contributed by atoms with Crippen LogP contribution in [0.5, 0.6) is 11.5 Å². The summed E-state index contributed by atoms with van der Waals surface area (Å²) >= 11 is 2.11. The highest BCUT2D eigenvalue weighted by molar-refractivity contribution is 14.1. The first-order valence-electron chi connectivity index (χ1n) is 7.59. The van der Waals surface area contributed by atoms with Gasteiger partial charge in [0.05, 0.1) is 21.1 Å². The highest BCUT2D eigenvalue weighted by Gasteiger charge is 2.15. The number of aromatic nitrogens is 2. The summed E-state index contributed by atoms with van der Waals surface area (Å²) in [4.78, 5) is 19.6. The van der Waals surface area contributed by atoms with Gasteiger partial charge in [0.1, 0.15) is 11.9 Å². The molecule has 0 atom stereocenters. The minimum Gasteiger partial charge on any atom is -0.490 e. The Morgan fingerprint density at radius 2 is 2.08 bits per heavy atom. The second-order valence-electron chi connectivity index (χ2n) is 5.10. The lowest BCUT2D eigenvalue weighted by Crippen LogP contribution is -2.10. The Bertz CT molecular complexity index is 1020. The van der Waals surface area contributed by atoms with E-state index in [4.69, 9.17) is 14.7 Å². The fourth-order valence-electron chi connectivity index (χ4n) is 2.44. The fourth-order valence-corrected chi connectivity index (χ4v) is 3.19. The summed E-state index contributed by atoms with van der Waals surface area (Å²) in [6.07, 6.45) is 0. The maximum atomic E-state index is 12.3. The monoisotopic (exact) mass is 447 g/mol. The predicted molar refractivity (Wildman–Crippen MR) is 103 cm³/mol. The summed E-state index contributed by atoms with van der Waals surface area (Å²) in [7, 11) is 0. The molecule has 0 radical (unpaired) electrons. The normalized spacial score (nSPS) is 10.4. The van der Waals surface area contributed by atoms with Crippen molar-refractivity contribution in [1.29, 1.82) is 5.26 Å². The highest BCUT2D eigenvalue weighted by atomic mass is 127. The molecule has 0 amide bonds. The highest BCUT2D eigenvalue weighted by Crippen LogP contribution is 2.36. The van der Waals surface area contributed by atoms with Crippen LogP contribution in [0.15, 0.2) is 41.2 Å². The maximum Gasteiger partial charge on any atom is 0.259 e. The van der Waals surface area contributed by atoms with Crippen LogP contribution in [0.25, 0.3) is 22.3 Å². The van der Waals surface area contributed by atoms with Crippen LogP contribution in [-0.2, 0) is 0 Å². The van der Waals surface area contributed by atoms with Gasteiger partial charge in [-0.1, -0.05) is 12.1 Å². The number of nitrogens with zero attached hydrogens (tertiary/aromatic N) is 2. The van der Waals surface area contributed by atoms with Crippen molar-refractivity contribution in [1.82, 2.24) is 9.97 Å². The van der Waals surface area contributed by atoms with Crippen LogP contribution in [0.3, 0.4) is 0 Å². The van der Waals surface area contributed by atoms with Crippen LogP contribution in [0.1, 0.15) is 6.92 Å². The average Bonchev–Trinajstić information content (AvgIpc) is 2.61. The van der Waals surface area contributed by atoms with E-state index >= 15 is 0 Å². The van der Waals surface area contributed by atoms with Crippen LogP contribution in [0.4, 0.5) is 0 Å². The zero-order chi connectivity index (χ0) is 17.8. The molecule has 0 saturated heterocycles. The van der Waals surface area contributed by atoms with E-state index in [1.165, 1.54) is 0 Å². The summed E-state index contributed by atoms with van der Waals surface area (Å²) in [5, 5.41) is 9.28. The number of nitrogens with one attached hydrogen (secondary N) is 1. The standard InChI is InChI=1S/C18H14IN3O3/c1-2-24-15-10-11(9-13(19)16(15)25-8-7-20)17-21-14-6-4-3-5-12(14)18(23)22-17/h3-6,9-10H,2,8H2,1H3,(H,21,22,23). The lowest BCUT2D eigenvalue weighted by atomic mass is 10.1. The number of halogens is 1. The predicted octanol–water partition coefficient (Wildman–Crippen LogP) is 3.50. The van der Waals surface area contributed by atoms with E-state index < -0.39 is 0 Å². The molecule has 6 nitrogen and oxygen atoms in total. The molecule has 0 aliphatic carbocycles. The lowest BCUT2D eigenvalue weighted by Gasteiger charge is -2.14. The Kier molecular flexibility index (Phi) is 5.19. The smallest absolute Gasteiger partial charge is 0.259 e. The number of nitriles is 1. The van der Waals surface area contributed by atoms with Gasteiger partial charge in [0.25, 0.3) is 5.56 Å². The molecule has 0 aliphatic rings. The van der Waals surface area contributed by atoms with Crippen molar-refractivity contribution in [3.8, 4) is 29.0 Å². The van der Waals surface area contributed by atoms with Gasteiger partial charge in [-0.15, -0.1) is 0 Å². The Hall–Kier alpha value is -2.60. The second kappa shape index (κ2) is 7.53. The van der Waals surface area contributed by atoms with E-state index in [-0.39, 0.29) is 12.2 Å². The maximum absolute atomic E-state index is 12.3. The van der Waals surface area contributed by atoms with E-state index in [0.717, 1.165) is 3.57 Å².